The lowest BCUT2D eigenvalue weighted by molar-refractivity contribution is -0.0964. The van der Waals surface area contributed by atoms with Gasteiger partial charge in [-0.25, -0.2) is 18.0 Å². The van der Waals surface area contributed by atoms with Crippen LogP contribution in [0.5, 0.6) is 11.8 Å². The smallest absolute Gasteiger partial charge is 0.461 e. The molecular formula is C36H38ClF5IN7O4. The fraction of sp³-hybridized carbons (Fsp3) is 0.556. The number of nitrogens with zero attached hydrogens (tertiary/aromatic N) is 6. The molecule has 4 aliphatic heterocycles. The molecule has 4 aromatic rings. The molecule has 4 fully saturated rings. The van der Waals surface area contributed by atoms with Crippen LogP contribution in [-0.4, -0.2) is 104 Å². The highest BCUT2D eigenvalue weighted by Crippen LogP contribution is 2.48. The van der Waals surface area contributed by atoms with Crippen molar-refractivity contribution >= 4 is 67.9 Å². The van der Waals surface area contributed by atoms with Crippen molar-refractivity contribution in [3.63, 3.8) is 0 Å². The minimum Gasteiger partial charge on any atom is -0.461 e. The Morgan fingerprint density at radius 2 is 1.83 bits per heavy atom. The molecule has 2 bridgehead atoms. The fourth-order valence-electron chi connectivity index (χ4n) is 8.78. The molecule has 0 spiro atoms. The molecule has 18 heteroatoms. The van der Waals surface area contributed by atoms with Gasteiger partial charge in [-0.05, 0) is 100 Å². The number of anilines is 1. The van der Waals surface area contributed by atoms with Crippen molar-refractivity contribution in [1.82, 2.24) is 30.0 Å². The van der Waals surface area contributed by atoms with E-state index in [1.165, 1.54) is 13.0 Å². The Balaban J connectivity index is 1.27. The Morgan fingerprint density at radius 1 is 1.11 bits per heavy atom. The molecule has 4 aliphatic rings. The maximum Gasteiger partial charge on any atom is 0.487 e. The summed E-state index contributed by atoms with van der Waals surface area (Å²) in [6.07, 6.45) is 1.75. The summed E-state index contributed by atoms with van der Waals surface area (Å²) in [7, 11) is 0. The number of carbonyl (C=O) groups is 1. The second-order valence-electron chi connectivity index (χ2n) is 15.7. The quantitative estimate of drug-likeness (QED) is 0.112. The van der Waals surface area contributed by atoms with Crippen LogP contribution in [0.15, 0.2) is 12.1 Å². The highest BCUT2D eigenvalue weighted by Gasteiger charge is 2.50. The second-order valence-corrected chi connectivity index (χ2v) is 17.2. The number of nitrogens with one attached hydrogen (secondary N) is 1. The molecule has 2 aromatic carbocycles. The van der Waals surface area contributed by atoms with Crippen molar-refractivity contribution in [1.29, 1.82) is 0 Å². The van der Waals surface area contributed by atoms with E-state index >= 15 is 8.78 Å². The summed E-state index contributed by atoms with van der Waals surface area (Å²) in [4.78, 5) is 28.1. The third-order valence-electron chi connectivity index (χ3n) is 10.9. The van der Waals surface area contributed by atoms with E-state index in [4.69, 9.17) is 30.8 Å². The zero-order chi connectivity index (χ0) is 38.5. The fourth-order valence-corrected chi connectivity index (χ4v) is 9.54. The molecule has 290 valence electrons. The lowest BCUT2D eigenvalue weighted by Gasteiger charge is -2.42. The summed E-state index contributed by atoms with van der Waals surface area (Å²) in [6, 6.07) is 1.79. The molecule has 4 saturated heterocycles. The summed E-state index contributed by atoms with van der Waals surface area (Å²) < 4.78 is 94.2. The van der Waals surface area contributed by atoms with Crippen LogP contribution >= 0.6 is 34.2 Å². The molecular weight excluding hydrogens is 852 g/mol. The largest absolute Gasteiger partial charge is 0.487 e. The predicted molar refractivity (Wildman–Crippen MR) is 199 cm³/mol. The van der Waals surface area contributed by atoms with Crippen molar-refractivity contribution in [2.45, 2.75) is 94.8 Å². The molecule has 54 heavy (non-hydrogen) atoms. The summed E-state index contributed by atoms with van der Waals surface area (Å²) in [5.74, 6) is -2.64. The molecule has 2 aromatic heterocycles. The van der Waals surface area contributed by atoms with Crippen LogP contribution in [0.2, 0.25) is 0 Å². The van der Waals surface area contributed by atoms with Gasteiger partial charge in [-0.15, -0.1) is 8.78 Å². The summed E-state index contributed by atoms with van der Waals surface area (Å²) in [6.45, 7) is 8.44. The van der Waals surface area contributed by atoms with Gasteiger partial charge in [-0.1, -0.05) is 0 Å². The molecule has 4 atom stereocenters. The molecule has 11 nitrogen and oxygen atoms in total. The van der Waals surface area contributed by atoms with Gasteiger partial charge in [0.05, 0.1) is 28.7 Å². The van der Waals surface area contributed by atoms with Crippen LogP contribution in [0.1, 0.15) is 58.4 Å². The van der Waals surface area contributed by atoms with Crippen LogP contribution in [0.25, 0.3) is 32.9 Å². The maximum absolute atomic E-state index is 17.3. The van der Waals surface area contributed by atoms with Gasteiger partial charge in [0, 0.05) is 54.0 Å². The summed E-state index contributed by atoms with van der Waals surface area (Å²) in [5, 5.41) is 7.06. The molecule has 1 amide bonds. The number of aromatic amines is 1. The molecule has 0 aliphatic carbocycles. The van der Waals surface area contributed by atoms with Crippen molar-refractivity contribution in [3.05, 3.63) is 33.0 Å². The number of ether oxygens (including phenoxy) is 3. The zero-order valence-electron chi connectivity index (χ0n) is 29.9. The maximum atomic E-state index is 17.3. The van der Waals surface area contributed by atoms with Crippen LogP contribution in [0.4, 0.5) is 32.6 Å². The Morgan fingerprint density at radius 3 is 2.52 bits per heavy atom. The molecule has 6 heterocycles. The van der Waals surface area contributed by atoms with E-state index in [-0.39, 0.29) is 81.1 Å². The van der Waals surface area contributed by atoms with Crippen molar-refractivity contribution in [2.24, 2.45) is 0 Å². The number of alkyl halides is 4. The number of aromatic nitrogens is 4. The summed E-state index contributed by atoms with van der Waals surface area (Å²) in [5.41, 5.74) is -6.40. The van der Waals surface area contributed by atoms with Crippen molar-refractivity contribution in [2.75, 3.05) is 37.7 Å². The zero-order valence-corrected chi connectivity index (χ0v) is 32.8. The third kappa shape index (κ3) is 6.64. The topological polar surface area (TPSA) is 109 Å². The first-order valence-corrected chi connectivity index (χ1v) is 19.3. The lowest BCUT2D eigenvalue weighted by Crippen LogP contribution is -2.57. The molecule has 0 unspecified atom stereocenters. The van der Waals surface area contributed by atoms with E-state index in [1.807, 2.05) is 27.5 Å². The number of rotatable bonds is 7. The minimum atomic E-state index is -4.21. The Bertz CT molecular complexity index is 2150. The van der Waals surface area contributed by atoms with E-state index in [9.17, 15) is 18.0 Å². The number of benzene rings is 2. The van der Waals surface area contributed by atoms with Gasteiger partial charge in [-0.3, -0.25) is 14.9 Å². The van der Waals surface area contributed by atoms with E-state index in [1.54, 1.807) is 25.7 Å². The second kappa shape index (κ2) is 13.3. The lowest BCUT2D eigenvalue weighted by atomic mass is 9.95. The highest BCUT2D eigenvalue weighted by molar-refractivity contribution is 14.1. The van der Waals surface area contributed by atoms with Gasteiger partial charge in [0.25, 0.3) is 0 Å². The highest BCUT2D eigenvalue weighted by atomic mass is 127. The van der Waals surface area contributed by atoms with E-state index in [0.717, 1.165) is 19.0 Å². The van der Waals surface area contributed by atoms with E-state index in [0.29, 0.717) is 31.3 Å². The minimum absolute atomic E-state index is 0.00694. The SMILES string of the molecule is Cc1cc2[nH]nc(I)c2c(-c2c(F)cc3c(N4C[C@H]5CC[C@@H](C4)N5C(=O)OC(C)(C)C)nc(OC[C@@]45CCCN4C[C@H](F)C5)nc3c2F)c1OC(F)(F)Cl. The number of halogens is 7. The Kier molecular flexibility index (Phi) is 9.26. The average Bonchev–Trinajstić information content (AvgIpc) is 3.79. The first-order chi connectivity index (χ1) is 25.4. The van der Waals surface area contributed by atoms with Crippen molar-refractivity contribution < 1.29 is 41.0 Å². The van der Waals surface area contributed by atoms with Crippen LogP contribution < -0.4 is 14.4 Å². The third-order valence-corrected chi connectivity index (χ3v) is 11.7. The number of hydrogen-bond acceptors (Lipinski definition) is 9. The van der Waals surface area contributed by atoms with Gasteiger partial charge in [0.1, 0.15) is 45.0 Å². The van der Waals surface area contributed by atoms with Gasteiger partial charge in [-0.2, -0.15) is 15.1 Å². The number of carbonyl (C=O) groups excluding carboxylic acids is 1. The number of piperazine rings is 1. The predicted octanol–water partition coefficient (Wildman–Crippen LogP) is 8.08. The standard InChI is InChI=1S/C36H38ClF5IN7O4/c1-17-10-23-25(30(43)47-46-23)26(29(17)53-36(37,41)42)24-22(39)11-21-28(27(24)40)44-32(52-16-35-8-5-9-49(35)13-18(38)12-35)45-31(21)48-14-19-6-7-20(15-48)50(19)33(51)54-34(2,3)4/h10-11,18-20H,5-9,12-16H2,1-4H3,(H,46,47)/t18-,19-,20+,35+/m1/s1. The number of hydrogen-bond donors (Lipinski definition) is 1. The van der Waals surface area contributed by atoms with Gasteiger partial charge < -0.3 is 19.1 Å². The number of H-pyrrole nitrogens is 1. The first kappa shape index (κ1) is 37.5. The molecule has 8 rings (SSSR count). The first-order valence-electron chi connectivity index (χ1n) is 17.8. The van der Waals surface area contributed by atoms with Gasteiger partial charge in [0.15, 0.2) is 5.82 Å². The molecule has 0 radical (unpaired) electrons. The molecule has 0 saturated carbocycles. The van der Waals surface area contributed by atoms with Gasteiger partial charge in [0.2, 0.25) is 0 Å². The number of amides is 1. The Hall–Kier alpha value is -3.45. The monoisotopic (exact) mass is 889 g/mol. The number of fused-ring (bicyclic) bond motifs is 5. The normalized spacial score (nSPS) is 24.5. The average molecular weight is 890 g/mol. The van der Waals surface area contributed by atoms with Crippen molar-refractivity contribution in [3.8, 4) is 22.9 Å². The van der Waals surface area contributed by atoms with Gasteiger partial charge >= 0.3 is 17.7 Å². The van der Waals surface area contributed by atoms with Crippen LogP contribution in [0, 0.1) is 22.3 Å². The van der Waals surface area contributed by atoms with Crippen LogP contribution in [0.3, 0.4) is 0 Å². The van der Waals surface area contributed by atoms with E-state index in [2.05, 4.69) is 20.1 Å². The number of aryl methyl sites for hydroxylation is 1. The molecule has 1 N–H and O–H groups in total. The summed E-state index contributed by atoms with van der Waals surface area (Å²) >= 11 is 7.06. The van der Waals surface area contributed by atoms with E-state index < -0.39 is 51.9 Å². The Labute approximate surface area is 326 Å². The van der Waals surface area contributed by atoms with Crippen LogP contribution in [-0.2, 0) is 4.74 Å².